The molecule has 1 N–H and O–H groups in total. The number of thiophene rings is 1. The highest BCUT2D eigenvalue weighted by atomic mass is 32.1. The Kier molecular flexibility index (Phi) is 4.17. The molecule has 9 heteroatoms. The number of pyridine rings is 1. The molecule has 0 saturated carbocycles. The molecule has 0 aliphatic carbocycles. The van der Waals surface area contributed by atoms with Crippen LogP contribution in [0.2, 0.25) is 0 Å². The molecule has 5 nitrogen and oxygen atoms in total. The molecule has 0 unspecified atom stereocenters. The van der Waals surface area contributed by atoms with Crippen molar-refractivity contribution in [3.05, 3.63) is 63.5 Å². The van der Waals surface area contributed by atoms with Gasteiger partial charge in [-0.2, -0.15) is 13.2 Å². The molecule has 3 aromatic rings. The van der Waals surface area contributed by atoms with Gasteiger partial charge in [0.1, 0.15) is 5.75 Å². The number of nitro groups is 1. The molecule has 2 aromatic heterocycles. The number of non-ortho nitro benzene ring substituents is 1. The number of phenols is 1. The third-order valence-electron chi connectivity index (χ3n) is 3.39. The van der Waals surface area contributed by atoms with Gasteiger partial charge in [-0.15, -0.1) is 11.3 Å². The first kappa shape index (κ1) is 16.9. The fourth-order valence-corrected chi connectivity index (χ4v) is 2.91. The minimum absolute atomic E-state index is 0.0748. The molecule has 1 aromatic carbocycles. The van der Waals surface area contributed by atoms with Crippen molar-refractivity contribution < 1.29 is 23.2 Å². The van der Waals surface area contributed by atoms with Gasteiger partial charge in [-0.1, -0.05) is 6.07 Å². The Balaban J connectivity index is 2.24. The van der Waals surface area contributed by atoms with Crippen molar-refractivity contribution in [2.24, 2.45) is 0 Å². The lowest BCUT2D eigenvalue weighted by Gasteiger charge is -2.12. The zero-order valence-electron chi connectivity index (χ0n) is 12.3. The second-order valence-corrected chi connectivity index (χ2v) is 6.01. The molecule has 0 amide bonds. The number of aromatic hydroxyl groups is 1. The first-order chi connectivity index (χ1) is 11.8. The number of phenolic OH excluding ortho intramolecular Hbond substituents is 1. The number of hydrogen-bond donors (Lipinski definition) is 1. The quantitative estimate of drug-likeness (QED) is 0.516. The van der Waals surface area contributed by atoms with E-state index in [4.69, 9.17) is 0 Å². The van der Waals surface area contributed by atoms with E-state index in [1.54, 1.807) is 17.5 Å². The van der Waals surface area contributed by atoms with Crippen LogP contribution in [0.4, 0.5) is 18.9 Å². The lowest BCUT2D eigenvalue weighted by atomic mass is 10.1. The Morgan fingerprint density at radius 3 is 2.44 bits per heavy atom. The Labute approximate surface area is 143 Å². The average Bonchev–Trinajstić information content (AvgIpc) is 3.08. The summed E-state index contributed by atoms with van der Waals surface area (Å²) in [4.78, 5) is 14.9. The predicted molar refractivity (Wildman–Crippen MR) is 86.3 cm³/mol. The summed E-state index contributed by atoms with van der Waals surface area (Å²) in [6.07, 6.45) is -4.62. The SMILES string of the molecule is O=[N+]([O-])c1ccc(O)c(-c2cc(C(F)(F)F)cc(-c3cccs3)n2)c1. The smallest absolute Gasteiger partial charge is 0.416 e. The van der Waals surface area contributed by atoms with Crippen LogP contribution in [0.1, 0.15) is 5.56 Å². The maximum atomic E-state index is 13.2. The van der Waals surface area contributed by atoms with Crippen molar-refractivity contribution in [2.45, 2.75) is 6.18 Å². The van der Waals surface area contributed by atoms with Gasteiger partial charge in [0.25, 0.3) is 5.69 Å². The standard InChI is InChI=1S/C16H9F3N2O3S/c17-16(18,19)9-6-12(20-13(7-9)15-2-1-5-25-15)11-8-10(21(23)24)3-4-14(11)22/h1-8,22H. The minimum Gasteiger partial charge on any atom is -0.507 e. The lowest BCUT2D eigenvalue weighted by molar-refractivity contribution is -0.384. The number of nitrogens with zero attached hydrogens (tertiary/aromatic N) is 2. The van der Waals surface area contributed by atoms with Crippen LogP contribution in [0.5, 0.6) is 5.75 Å². The maximum Gasteiger partial charge on any atom is 0.416 e. The fourth-order valence-electron chi connectivity index (χ4n) is 2.23. The predicted octanol–water partition coefficient (Wildman–Crippen LogP) is 5.11. The second-order valence-electron chi connectivity index (χ2n) is 5.06. The van der Waals surface area contributed by atoms with E-state index in [2.05, 4.69) is 4.98 Å². The number of hydrogen-bond acceptors (Lipinski definition) is 5. The molecule has 2 heterocycles. The molecule has 0 fully saturated rings. The zero-order chi connectivity index (χ0) is 18.2. The van der Waals surface area contributed by atoms with Crippen LogP contribution in [-0.4, -0.2) is 15.0 Å². The molecule has 0 aliphatic heterocycles. The van der Waals surface area contributed by atoms with Crippen molar-refractivity contribution in [3.63, 3.8) is 0 Å². The largest absolute Gasteiger partial charge is 0.507 e. The summed E-state index contributed by atoms with van der Waals surface area (Å²) in [5, 5.41) is 22.5. The van der Waals surface area contributed by atoms with E-state index in [0.29, 0.717) is 4.88 Å². The van der Waals surface area contributed by atoms with Crippen LogP contribution in [0.3, 0.4) is 0 Å². The van der Waals surface area contributed by atoms with Crippen molar-refractivity contribution in [1.82, 2.24) is 4.98 Å². The van der Waals surface area contributed by atoms with Gasteiger partial charge < -0.3 is 5.11 Å². The van der Waals surface area contributed by atoms with Gasteiger partial charge in [-0.3, -0.25) is 10.1 Å². The molecule has 25 heavy (non-hydrogen) atoms. The molecule has 128 valence electrons. The normalized spacial score (nSPS) is 11.5. The first-order valence-corrected chi connectivity index (χ1v) is 7.74. The molecule has 0 aliphatic rings. The van der Waals surface area contributed by atoms with Crippen LogP contribution < -0.4 is 0 Å². The third-order valence-corrected chi connectivity index (χ3v) is 4.29. The molecule has 0 saturated heterocycles. The summed E-state index contributed by atoms with van der Waals surface area (Å²) >= 11 is 1.21. The zero-order valence-corrected chi connectivity index (χ0v) is 13.1. The first-order valence-electron chi connectivity index (χ1n) is 6.86. The molecule has 3 rings (SSSR count). The van der Waals surface area contributed by atoms with E-state index in [0.717, 1.165) is 30.3 Å². The summed E-state index contributed by atoms with van der Waals surface area (Å²) in [6.45, 7) is 0. The van der Waals surface area contributed by atoms with Gasteiger partial charge >= 0.3 is 6.18 Å². The van der Waals surface area contributed by atoms with Crippen LogP contribution in [0.25, 0.3) is 21.8 Å². The van der Waals surface area contributed by atoms with Gasteiger partial charge in [-0.25, -0.2) is 4.98 Å². The number of aromatic nitrogens is 1. The molecular weight excluding hydrogens is 357 g/mol. The van der Waals surface area contributed by atoms with Gasteiger partial charge in [0, 0.05) is 17.7 Å². The molecular formula is C16H9F3N2O3S. The van der Waals surface area contributed by atoms with E-state index in [1.165, 1.54) is 11.3 Å². The van der Waals surface area contributed by atoms with Crippen LogP contribution in [0, 0.1) is 10.1 Å². The Morgan fingerprint density at radius 2 is 1.84 bits per heavy atom. The summed E-state index contributed by atoms with van der Waals surface area (Å²) in [5.74, 6) is -0.394. The Bertz CT molecular complexity index is 940. The van der Waals surface area contributed by atoms with E-state index in [9.17, 15) is 28.4 Å². The number of halogens is 3. The summed E-state index contributed by atoms with van der Waals surface area (Å²) in [5.41, 5.74) is -1.57. The molecule has 0 bridgehead atoms. The van der Waals surface area contributed by atoms with E-state index in [-0.39, 0.29) is 22.6 Å². The number of rotatable bonds is 3. The van der Waals surface area contributed by atoms with Gasteiger partial charge in [0.05, 0.1) is 26.8 Å². The van der Waals surface area contributed by atoms with Crippen molar-refractivity contribution in [1.29, 1.82) is 0 Å². The second kappa shape index (κ2) is 6.17. The van der Waals surface area contributed by atoms with Crippen LogP contribution >= 0.6 is 11.3 Å². The van der Waals surface area contributed by atoms with Gasteiger partial charge in [-0.05, 0) is 29.6 Å². The van der Waals surface area contributed by atoms with E-state index < -0.39 is 22.4 Å². The monoisotopic (exact) mass is 366 g/mol. The van der Waals surface area contributed by atoms with Crippen LogP contribution in [0.15, 0.2) is 47.8 Å². The summed E-state index contributed by atoms with van der Waals surface area (Å²) in [7, 11) is 0. The maximum absolute atomic E-state index is 13.2. The third kappa shape index (κ3) is 3.45. The van der Waals surface area contributed by atoms with Gasteiger partial charge in [0.15, 0.2) is 0 Å². The molecule has 0 spiro atoms. The van der Waals surface area contributed by atoms with E-state index in [1.807, 2.05) is 0 Å². The number of alkyl halides is 3. The molecule has 0 atom stereocenters. The van der Waals surface area contributed by atoms with Crippen molar-refractivity contribution in [3.8, 4) is 27.6 Å². The van der Waals surface area contributed by atoms with E-state index >= 15 is 0 Å². The Morgan fingerprint density at radius 1 is 1.12 bits per heavy atom. The van der Waals surface area contributed by atoms with Crippen molar-refractivity contribution in [2.75, 3.05) is 0 Å². The summed E-state index contributed by atoms with van der Waals surface area (Å²) in [6, 6.07) is 8.07. The minimum atomic E-state index is -4.62. The summed E-state index contributed by atoms with van der Waals surface area (Å²) < 4.78 is 39.7. The highest BCUT2D eigenvalue weighted by Crippen LogP contribution is 2.38. The fraction of sp³-hybridized carbons (Fsp3) is 0.0625. The highest BCUT2D eigenvalue weighted by molar-refractivity contribution is 7.13. The highest BCUT2D eigenvalue weighted by Gasteiger charge is 2.32. The van der Waals surface area contributed by atoms with Crippen molar-refractivity contribution >= 4 is 17.0 Å². The topological polar surface area (TPSA) is 76.3 Å². The number of nitro benzene ring substituents is 1. The van der Waals surface area contributed by atoms with Gasteiger partial charge in [0.2, 0.25) is 0 Å². The average molecular weight is 366 g/mol. The number of benzene rings is 1. The molecule has 0 radical (unpaired) electrons. The van der Waals surface area contributed by atoms with Crippen LogP contribution in [-0.2, 0) is 6.18 Å². The lowest BCUT2D eigenvalue weighted by Crippen LogP contribution is -2.06. The Hall–Kier alpha value is -2.94.